The highest BCUT2D eigenvalue weighted by molar-refractivity contribution is 7.52. The van der Waals surface area contributed by atoms with Crippen LogP contribution in [-0.2, 0) is 20.4 Å². The molecule has 1 N–H and O–H groups in total. The molecule has 0 aromatic heterocycles. The molecule has 1 aromatic carbocycles. The molecule has 1 rings (SSSR count). The van der Waals surface area contributed by atoms with Crippen LogP contribution in [0.3, 0.4) is 0 Å². The summed E-state index contributed by atoms with van der Waals surface area (Å²) in [6.45, 7) is 2.29. The highest BCUT2D eigenvalue weighted by atomic mass is 31.2. The van der Waals surface area contributed by atoms with Crippen molar-refractivity contribution in [1.29, 1.82) is 0 Å². The van der Waals surface area contributed by atoms with Gasteiger partial charge >= 0.3 is 7.60 Å². The summed E-state index contributed by atoms with van der Waals surface area (Å²) in [5, 5.41) is 0. The van der Waals surface area contributed by atoms with E-state index in [2.05, 4.69) is 0 Å². The standard InChI is InChI=1S/C10H15O4P/c1-2-13-9-15(11,12)14-8-10-6-4-3-5-7-10/h3-7H,2,8-9H2,1H3,(H,11,12). The van der Waals surface area contributed by atoms with Gasteiger partial charge in [0.1, 0.15) is 6.35 Å². The van der Waals surface area contributed by atoms with Gasteiger partial charge in [0, 0.05) is 6.61 Å². The van der Waals surface area contributed by atoms with Gasteiger partial charge < -0.3 is 14.2 Å². The van der Waals surface area contributed by atoms with E-state index < -0.39 is 7.60 Å². The molecule has 0 aliphatic carbocycles. The largest absolute Gasteiger partial charge is 0.369 e. The minimum absolute atomic E-state index is 0.127. The van der Waals surface area contributed by atoms with E-state index in [1.165, 1.54) is 0 Å². The molecule has 0 heterocycles. The summed E-state index contributed by atoms with van der Waals surface area (Å²) in [7, 11) is -3.60. The molecule has 4 nitrogen and oxygen atoms in total. The van der Waals surface area contributed by atoms with Gasteiger partial charge in [0.15, 0.2) is 0 Å². The zero-order valence-electron chi connectivity index (χ0n) is 8.63. The second kappa shape index (κ2) is 6.03. The monoisotopic (exact) mass is 230 g/mol. The molecule has 15 heavy (non-hydrogen) atoms. The van der Waals surface area contributed by atoms with E-state index in [1.54, 1.807) is 6.92 Å². The van der Waals surface area contributed by atoms with E-state index in [9.17, 15) is 9.46 Å². The van der Waals surface area contributed by atoms with Gasteiger partial charge in [0.05, 0.1) is 6.61 Å². The van der Waals surface area contributed by atoms with Gasteiger partial charge in [-0.1, -0.05) is 30.3 Å². The van der Waals surface area contributed by atoms with E-state index in [0.29, 0.717) is 6.61 Å². The number of benzene rings is 1. The predicted octanol–water partition coefficient (Wildman–Crippen LogP) is 2.38. The summed E-state index contributed by atoms with van der Waals surface area (Å²) in [6, 6.07) is 9.25. The van der Waals surface area contributed by atoms with E-state index in [4.69, 9.17) is 9.26 Å². The number of ether oxygens (including phenoxy) is 1. The fourth-order valence-electron chi connectivity index (χ4n) is 0.994. The van der Waals surface area contributed by atoms with Crippen LogP contribution in [0.1, 0.15) is 12.5 Å². The van der Waals surface area contributed by atoms with Gasteiger partial charge in [-0.25, -0.2) is 0 Å². The van der Waals surface area contributed by atoms with E-state index in [-0.39, 0.29) is 13.0 Å². The minimum atomic E-state index is -3.60. The molecule has 0 fully saturated rings. The van der Waals surface area contributed by atoms with Crippen LogP contribution in [0.2, 0.25) is 0 Å². The third kappa shape index (κ3) is 5.09. The van der Waals surface area contributed by atoms with Crippen molar-refractivity contribution >= 4 is 7.60 Å². The highest BCUT2D eigenvalue weighted by Crippen LogP contribution is 2.42. The first-order valence-electron chi connectivity index (χ1n) is 4.72. The Balaban J connectivity index is 2.39. The van der Waals surface area contributed by atoms with Crippen molar-refractivity contribution in [2.45, 2.75) is 13.5 Å². The fourth-order valence-corrected chi connectivity index (χ4v) is 1.83. The van der Waals surface area contributed by atoms with Crippen LogP contribution < -0.4 is 0 Å². The molecule has 1 aromatic rings. The summed E-state index contributed by atoms with van der Waals surface area (Å²) in [5.74, 6) is 0. The van der Waals surface area contributed by atoms with Gasteiger partial charge in [-0.15, -0.1) is 0 Å². The molecule has 0 aliphatic rings. The van der Waals surface area contributed by atoms with Gasteiger partial charge in [-0.05, 0) is 12.5 Å². The van der Waals surface area contributed by atoms with Crippen molar-refractivity contribution in [1.82, 2.24) is 0 Å². The Hall–Kier alpha value is -0.670. The van der Waals surface area contributed by atoms with Crippen LogP contribution in [0, 0.1) is 0 Å². The number of rotatable bonds is 6. The Morgan fingerprint density at radius 3 is 2.60 bits per heavy atom. The SMILES string of the molecule is CCOCP(=O)(O)OCc1ccccc1. The van der Waals surface area contributed by atoms with Crippen molar-refractivity contribution in [3.63, 3.8) is 0 Å². The van der Waals surface area contributed by atoms with Crippen molar-refractivity contribution in [3.8, 4) is 0 Å². The number of hydrogen-bond donors (Lipinski definition) is 1. The molecule has 0 spiro atoms. The van der Waals surface area contributed by atoms with Gasteiger partial charge in [0.2, 0.25) is 0 Å². The zero-order valence-corrected chi connectivity index (χ0v) is 9.52. The van der Waals surface area contributed by atoms with E-state index in [0.717, 1.165) is 5.56 Å². The zero-order chi connectivity index (χ0) is 11.1. The average molecular weight is 230 g/mol. The van der Waals surface area contributed by atoms with Gasteiger partial charge in [-0.2, -0.15) is 0 Å². The first-order chi connectivity index (χ1) is 7.14. The van der Waals surface area contributed by atoms with Gasteiger partial charge in [0.25, 0.3) is 0 Å². The van der Waals surface area contributed by atoms with Crippen LogP contribution in [0.25, 0.3) is 0 Å². The number of hydrogen-bond acceptors (Lipinski definition) is 3. The summed E-state index contributed by atoms with van der Waals surface area (Å²) in [6.07, 6.45) is -0.254. The second-order valence-electron chi connectivity index (χ2n) is 3.02. The van der Waals surface area contributed by atoms with Crippen LogP contribution >= 0.6 is 7.60 Å². The summed E-state index contributed by atoms with van der Waals surface area (Å²) in [4.78, 5) is 9.32. The molecule has 0 saturated carbocycles. The fraction of sp³-hybridized carbons (Fsp3) is 0.400. The lowest BCUT2D eigenvalue weighted by molar-refractivity contribution is 0.152. The Kier molecular flexibility index (Phi) is 4.99. The maximum atomic E-state index is 11.4. The third-order valence-corrected chi connectivity index (χ3v) is 2.78. The lowest BCUT2D eigenvalue weighted by Gasteiger charge is -2.11. The average Bonchev–Trinajstić information content (AvgIpc) is 2.25. The smallest absolute Gasteiger partial charge is 0.353 e. The molecule has 84 valence electrons. The molecular weight excluding hydrogens is 215 g/mol. The van der Waals surface area contributed by atoms with Crippen molar-refractivity contribution in [2.75, 3.05) is 13.0 Å². The molecule has 0 bridgehead atoms. The van der Waals surface area contributed by atoms with E-state index >= 15 is 0 Å². The second-order valence-corrected chi connectivity index (χ2v) is 4.81. The van der Waals surface area contributed by atoms with Crippen molar-refractivity contribution < 1.29 is 18.7 Å². The molecule has 0 radical (unpaired) electrons. The summed E-state index contributed by atoms with van der Waals surface area (Å²) >= 11 is 0. The third-order valence-electron chi connectivity index (χ3n) is 1.73. The molecule has 0 amide bonds. The summed E-state index contributed by atoms with van der Waals surface area (Å²) < 4.78 is 21.1. The predicted molar refractivity (Wildman–Crippen MR) is 57.5 cm³/mol. The first kappa shape index (κ1) is 12.4. The van der Waals surface area contributed by atoms with Crippen molar-refractivity contribution in [2.24, 2.45) is 0 Å². The Morgan fingerprint density at radius 2 is 2.00 bits per heavy atom. The molecule has 0 aliphatic heterocycles. The normalized spacial score (nSPS) is 14.8. The quantitative estimate of drug-likeness (QED) is 0.762. The minimum Gasteiger partial charge on any atom is -0.369 e. The van der Waals surface area contributed by atoms with Gasteiger partial charge in [-0.3, -0.25) is 4.57 Å². The molecule has 5 heteroatoms. The molecule has 0 saturated heterocycles. The Bertz CT molecular complexity index is 325. The molecular formula is C10H15O4P. The van der Waals surface area contributed by atoms with Crippen LogP contribution in [0.15, 0.2) is 30.3 Å². The lowest BCUT2D eigenvalue weighted by Crippen LogP contribution is -1.99. The Labute approximate surface area is 89.4 Å². The maximum absolute atomic E-state index is 11.4. The van der Waals surface area contributed by atoms with Crippen LogP contribution in [-0.4, -0.2) is 17.8 Å². The maximum Gasteiger partial charge on any atom is 0.353 e. The molecule has 1 unspecified atom stereocenters. The Morgan fingerprint density at radius 1 is 1.33 bits per heavy atom. The highest BCUT2D eigenvalue weighted by Gasteiger charge is 2.18. The first-order valence-corrected chi connectivity index (χ1v) is 6.48. The van der Waals surface area contributed by atoms with Crippen molar-refractivity contribution in [3.05, 3.63) is 35.9 Å². The molecule has 1 atom stereocenters. The topological polar surface area (TPSA) is 55.8 Å². The van der Waals surface area contributed by atoms with E-state index in [1.807, 2.05) is 30.3 Å². The lowest BCUT2D eigenvalue weighted by atomic mass is 10.2. The summed E-state index contributed by atoms with van der Waals surface area (Å²) in [5.41, 5.74) is 0.864. The van der Waals surface area contributed by atoms with Crippen LogP contribution in [0.5, 0.6) is 0 Å². The van der Waals surface area contributed by atoms with Crippen LogP contribution in [0.4, 0.5) is 0 Å².